The molecular weight excluding hydrogens is 407 g/mol. The lowest BCUT2D eigenvalue weighted by atomic mass is 9.87. The van der Waals surface area contributed by atoms with Gasteiger partial charge in [-0.2, -0.15) is 4.98 Å². The van der Waals surface area contributed by atoms with E-state index in [0.717, 1.165) is 36.9 Å². The molecule has 1 saturated heterocycles. The number of likely N-dealkylation sites (N-methyl/N-ethyl adjacent to an activating group) is 1. The number of amides is 1. The minimum absolute atomic E-state index is 0.00418. The second-order valence-corrected chi connectivity index (χ2v) is 8.26. The lowest BCUT2D eigenvalue weighted by molar-refractivity contribution is 0.106. The highest BCUT2D eigenvalue weighted by molar-refractivity contribution is 6.64. The first-order valence-electron chi connectivity index (χ1n) is 10.9. The maximum Gasteiger partial charge on any atom is 0.415 e. The van der Waals surface area contributed by atoms with Crippen LogP contribution in [-0.4, -0.2) is 72.1 Å². The molecule has 1 amide bonds. The van der Waals surface area contributed by atoms with E-state index >= 15 is 0 Å². The molecule has 2 aromatic rings. The number of carbonyl (C=O) groups is 2. The van der Waals surface area contributed by atoms with E-state index in [4.69, 9.17) is 4.74 Å². The predicted molar refractivity (Wildman–Crippen MR) is 123 cm³/mol. The van der Waals surface area contributed by atoms with E-state index < -0.39 is 0 Å². The second kappa shape index (κ2) is 9.66. The third-order valence-corrected chi connectivity index (χ3v) is 6.03. The summed E-state index contributed by atoms with van der Waals surface area (Å²) in [6.07, 6.45) is 2.17. The van der Waals surface area contributed by atoms with Crippen LogP contribution in [0.25, 0.3) is 0 Å². The Kier molecular flexibility index (Phi) is 6.71. The standard InChI is InChI=1S/C22H28BN6O3/c1-4-29-20-18(13-32-22(29)31)9-24-21(26-20)25-15(2)17-7-5-16(6-8-17)10-27(3)19-11-28(12-19)23-14-30/h5-9,14-15,19H,4,10-13H2,1-3H3,(H,24,25,26)/t15-/m0/s1. The van der Waals surface area contributed by atoms with E-state index in [1.807, 2.05) is 11.7 Å². The zero-order valence-corrected chi connectivity index (χ0v) is 18.7. The molecule has 1 radical (unpaired) electrons. The van der Waals surface area contributed by atoms with Crippen LogP contribution >= 0.6 is 0 Å². The van der Waals surface area contributed by atoms with Crippen LogP contribution in [0, 0.1) is 0 Å². The van der Waals surface area contributed by atoms with Gasteiger partial charge in [-0.3, -0.25) is 9.80 Å². The third kappa shape index (κ3) is 4.76. The maximum atomic E-state index is 12.0. The summed E-state index contributed by atoms with van der Waals surface area (Å²) in [6.45, 7) is 7.27. The number of benzene rings is 1. The van der Waals surface area contributed by atoms with E-state index in [-0.39, 0.29) is 18.7 Å². The van der Waals surface area contributed by atoms with Crippen LogP contribution in [0.4, 0.5) is 16.6 Å². The highest BCUT2D eigenvalue weighted by atomic mass is 16.6. The zero-order chi connectivity index (χ0) is 22.7. The smallest absolute Gasteiger partial charge is 0.415 e. The highest BCUT2D eigenvalue weighted by Crippen LogP contribution is 2.26. The van der Waals surface area contributed by atoms with Crippen molar-refractivity contribution in [2.75, 3.05) is 36.9 Å². The summed E-state index contributed by atoms with van der Waals surface area (Å²) in [5, 5.41) is 3.33. The van der Waals surface area contributed by atoms with Crippen molar-refractivity contribution in [2.24, 2.45) is 0 Å². The predicted octanol–water partition coefficient (Wildman–Crippen LogP) is 2.05. The van der Waals surface area contributed by atoms with Gasteiger partial charge in [0.15, 0.2) is 0 Å². The normalized spacial score (nSPS) is 17.4. The largest absolute Gasteiger partial charge is 0.444 e. The van der Waals surface area contributed by atoms with E-state index in [2.05, 4.69) is 58.4 Å². The van der Waals surface area contributed by atoms with Gasteiger partial charge in [0.1, 0.15) is 12.4 Å². The summed E-state index contributed by atoms with van der Waals surface area (Å²) in [6, 6.07) is 8.97. The van der Waals surface area contributed by atoms with Gasteiger partial charge in [-0.1, -0.05) is 24.3 Å². The van der Waals surface area contributed by atoms with Crippen LogP contribution in [0.1, 0.15) is 36.6 Å². The Balaban J connectivity index is 1.35. The quantitative estimate of drug-likeness (QED) is 0.473. The van der Waals surface area contributed by atoms with Crippen molar-refractivity contribution in [2.45, 2.75) is 39.1 Å². The molecule has 0 aliphatic carbocycles. The van der Waals surface area contributed by atoms with E-state index in [1.54, 1.807) is 13.6 Å². The molecule has 1 aromatic heterocycles. The van der Waals surface area contributed by atoms with Gasteiger partial charge in [0.05, 0.1) is 17.8 Å². The molecule has 32 heavy (non-hydrogen) atoms. The first-order chi connectivity index (χ1) is 15.5. The van der Waals surface area contributed by atoms with E-state index in [0.29, 0.717) is 24.4 Å². The number of carbonyl (C=O) groups excluding carboxylic acids is 2. The average molecular weight is 435 g/mol. The summed E-state index contributed by atoms with van der Waals surface area (Å²) in [5.74, 6) is 1.09. The third-order valence-electron chi connectivity index (χ3n) is 6.03. The van der Waals surface area contributed by atoms with Crippen LogP contribution in [-0.2, 0) is 22.7 Å². The number of aromatic nitrogens is 2. The number of cyclic esters (lactones) is 1. The number of fused-ring (bicyclic) bond motifs is 1. The number of nitrogens with zero attached hydrogens (tertiary/aromatic N) is 5. The molecule has 0 unspecified atom stereocenters. The minimum atomic E-state index is -0.380. The Hall–Kier alpha value is -2.98. The lowest BCUT2D eigenvalue weighted by Crippen LogP contribution is -2.59. The van der Waals surface area contributed by atoms with Crippen LogP contribution in [0.15, 0.2) is 30.5 Å². The molecule has 0 saturated carbocycles. The molecular formula is C22H28BN6O3. The fraction of sp³-hybridized carbons (Fsp3) is 0.455. The molecule has 9 nitrogen and oxygen atoms in total. The Morgan fingerprint density at radius 3 is 2.78 bits per heavy atom. The first kappa shape index (κ1) is 22.2. The maximum absolute atomic E-state index is 12.0. The molecule has 0 spiro atoms. The van der Waals surface area contributed by atoms with Gasteiger partial charge in [0.2, 0.25) is 5.95 Å². The summed E-state index contributed by atoms with van der Waals surface area (Å²) in [5.41, 5.74) is 3.17. The molecule has 0 bridgehead atoms. The number of nitrogens with one attached hydrogen (secondary N) is 1. The van der Waals surface area contributed by atoms with Crippen LogP contribution in [0.3, 0.4) is 0 Å². The van der Waals surface area contributed by atoms with Gasteiger partial charge < -0.3 is 19.7 Å². The molecule has 1 fully saturated rings. The van der Waals surface area contributed by atoms with Crippen molar-refractivity contribution in [3.8, 4) is 0 Å². The van der Waals surface area contributed by atoms with Crippen LogP contribution in [0.2, 0.25) is 0 Å². The van der Waals surface area contributed by atoms with Gasteiger partial charge in [-0.05, 0) is 32.0 Å². The Morgan fingerprint density at radius 2 is 2.09 bits per heavy atom. The van der Waals surface area contributed by atoms with Crippen molar-refractivity contribution < 1.29 is 14.3 Å². The first-order valence-corrected chi connectivity index (χ1v) is 10.9. The lowest BCUT2D eigenvalue weighted by Gasteiger charge is -2.43. The summed E-state index contributed by atoms with van der Waals surface area (Å²) < 4.78 is 5.14. The monoisotopic (exact) mass is 435 g/mol. The topological polar surface area (TPSA) is 90.9 Å². The molecule has 10 heteroatoms. The number of anilines is 2. The van der Waals surface area contributed by atoms with Crippen molar-refractivity contribution >= 4 is 31.5 Å². The Morgan fingerprint density at radius 1 is 1.34 bits per heavy atom. The van der Waals surface area contributed by atoms with Crippen LogP contribution in [0.5, 0.6) is 0 Å². The second-order valence-electron chi connectivity index (χ2n) is 8.26. The van der Waals surface area contributed by atoms with E-state index in [1.165, 1.54) is 10.5 Å². The Labute approximate surface area is 189 Å². The van der Waals surface area contributed by atoms with E-state index in [9.17, 15) is 9.59 Å². The van der Waals surface area contributed by atoms with Gasteiger partial charge >= 0.3 is 6.09 Å². The number of rotatable bonds is 9. The summed E-state index contributed by atoms with van der Waals surface area (Å²) in [7, 11) is 3.72. The molecule has 4 rings (SSSR count). The fourth-order valence-electron chi connectivity index (χ4n) is 3.97. The summed E-state index contributed by atoms with van der Waals surface area (Å²) >= 11 is 0. The molecule has 2 aliphatic rings. The molecule has 1 aromatic carbocycles. The average Bonchev–Trinajstić information content (AvgIpc) is 2.76. The van der Waals surface area contributed by atoms with Gasteiger partial charge in [-0.25, -0.2) is 9.78 Å². The summed E-state index contributed by atoms with van der Waals surface area (Å²) in [4.78, 5) is 37.3. The van der Waals surface area contributed by atoms with Gasteiger partial charge in [0, 0.05) is 38.4 Å². The molecule has 167 valence electrons. The van der Waals surface area contributed by atoms with Gasteiger partial charge in [-0.15, -0.1) is 0 Å². The van der Waals surface area contributed by atoms with Crippen molar-refractivity contribution in [1.82, 2.24) is 19.7 Å². The minimum Gasteiger partial charge on any atom is -0.444 e. The molecule has 2 aliphatic heterocycles. The molecule has 1 N–H and O–H groups in total. The highest BCUT2D eigenvalue weighted by Gasteiger charge is 2.29. The number of hydrogen-bond acceptors (Lipinski definition) is 8. The zero-order valence-electron chi connectivity index (χ0n) is 18.7. The SMILES string of the molecule is CCN1C(=O)OCc2cnc(N[C@@H](C)c3ccc(CN(C)C4CN([B]C=O)C4)cc3)nc21. The fourth-order valence-corrected chi connectivity index (χ4v) is 3.97. The molecule has 1 atom stereocenters. The number of ether oxygens (including phenoxy) is 1. The van der Waals surface area contributed by atoms with Crippen molar-refractivity contribution in [1.29, 1.82) is 0 Å². The number of hydrogen-bond donors (Lipinski definition) is 1. The Bertz CT molecular complexity index is 967. The van der Waals surface area contributed by atoms with Crippen LogP contribution < -0.4 is 10.2 Å². The van der Waals surface area contributed by atoms with Crippen molar-refractivity contribution in [3.05, 3.63) is 47.2 Å². The van der Waals surface area contributed by atoms with Crippen molar-refractivity contribution in [3.63, 3.8) is 0 Å². The molecule has 3 heterocycles. The van der Waals surface area contributed by atoms with Gasteiger partial charge in [0.25, 0.3) is 7.41 Å².